The molecule has 0 saturated carbocycles. The molecule has 0 spiro atoms. The Hall–Kier alpha value is -4.71. The smallest absolute Gasteiger partial charge is 0.306 e. The van der Waals surface area contributed by atoms with Gasteiger partial charge in [0.05, 0.1) is 0 Å². The SMILES string of the molecule is CC/C=C\C/C=C\C/C=C\C/C=C\C/C=C\C/C=C\C/C=C\C/C=C\C/C=C\CCCCCCCC(=O)OCC(COC(=O)CCCCCCC/C=C\CCCCCCCC)OC(=O)CCCCCCC/C=C\C/C=C\CCCCCC. The number of carbonyl (C=O) groups excluding carboxylic acids is 3. The first-order valence-electron chi connectivity index (χ1n) is 33.8. The van der Waals surface area contributed by atoms with Crippen LogP contribution < -0.4 is 0 Å². The van der Waals surface area contributed by atoms with Crippen LogP contribution in [0.2, 0.25) is 0 Å². The Kier molecular flexibility index (Phi) is 64.8. The lowest BCUT2D eigenvalue weighted by molar-refractivity contribution is -0.167. The number of rotatable bonds is 60. The number of hydrogen-bond donors (Lipinski definition) is 0. The zero-order valence-electron chi connectivity index (χ0n) is 53.2. The average molecular weight is 1130 g/mol. The molecule has 464 valence electrons. The van der Waals surface area contributed by atoms with Crippen molar-refractivity contribution in [3.8, 4) is 0 Å². The van der Waals surface area contributed by atoms with Gasteiger partial charge in [0.15, 0.2) is 6.10 Å². The second kappa shape index (κ2) is 68.8. The van der Waals surface area contributed by atoms with Crippen LogP contribution in [0, 0.1) is 0 Å². The zero-order valence-corrected chi connectivity index (χ0v) is 53.2. The van der Waals surface area contributed by atoms with Crippen molar-refractivity contribution >= 4 is 17.9 Å². The van der Waals surface area contributed by atoms with E-state index < -0.39 is 6.10 Å². The molecule has 0 aliphatic heterocycles. The third kappa shape index (κ3) is 66.1. The van der Waals surface area contributed by atoms with E-state index in [1.165, 1.54) is 83.5 Å². The molecule has 6 heteroatoms. The molecule has 0 aromatic carbocycles. The van der Waals surface area contributed by atoms with Gasteiger partial charge in [-0.1, -0.05) is 276 Å². The lowest BCUT2D eigenvalue weighted by Gasteiger charge is -2.18. The zero-order chi connectivity index (χ0) is 59.2. The second-order valence-corrected chi connectivity index (χ2v) is 22.0. The van der Waals surface area contributed by atoms with Gasteiger partial charge in [0.1, 0.15) is 13.2 Å². The van der Waals surface area contributed by atoms with Gasteiger partial charge >= 0.3 is 17.9 Å². The summed E-state index contributed by atoms with van der Waals surface area (Å²) in [5.74, 6) is -0.937. The molecule has 0 radical (unpaired) electrons. The van der Waals surface area contributed by atoms with E-state index in [9.17, 15) is 14.4 Å². The van der Waals surface area contributed by atoms with Crippen molar-refractivity contribution in [1.82, 2.24) is 0 Å². The number of carbonyl (C=O) groups is 3. The largest absolute Gasteiger partial charge is 0.462 e. The third-order valence-corrected chi connectivity index (χ3v) is 14.0. The molecule has 0 amide bonds. The quantitative estimate of drug-likeness (QED) is 0.0261. The van der Waals surface area contributed by atoms with E-state index in [0.717, 1.165) is 173 Å². The van der Waals surface area contributed by atoms with Crippen LogP contribution >= 0.6 is 0 Å². The van der Waals surface area contributed by atoms with E-state index in [4.69, 9.17) is 14.2 Å². The van der Waals surface area contributed by atoms with Crippen LogP contribution in [0.4, 0.5) is 0 Å². The second-order valence-electron chi connectivity index (χ2n) is 22.0. The van der Waals surface area contributed by atoms with Crippen molar-refractivity contribution in [2.75, 3.05) is 13.2 Å². The Labute approximate surface area is 506 Å². The summed E-state index contributed by atoms with van der Waals surface area (Å²) in [5.41, 5.74) is 0. The van der Waals surface area contributed by atoms with E-state index in [-0.39, 0.29) is 31.1 Å². The van der Waals surface area contributed by atoms with Crippen LogP contribution in [0.5, 0.6) is 0 Å². The molecule has 1 atom stereocenters. The van der Waals surface area contributed by atoms with Gasteiger partial charge < -0.3 is 14.2 Å². The van der Waals surface area contributed by atoms with Crippen LogP contribution in [-0.2, 0) is 28.6 Å². The Bertz CT molecular complexity index is 1780. The first-order chi connectivity index (χ1) is 40.5. The van der Waals surface area contributed by atoms with Gasteiger partial charge in [0, 0.05) is 19.3 Å². The molecule has 0 rings (SSSR count). The molecule has 0 N–H and O–H groups in total. The summed E-state index contributed by atoms with van der Waals surface area (Å²) < 4.78 is 16.9. The van der Waals surface area contributed by atoms with Gasteiger partial charge in [0.25, 0.3) is 0 Å². The minimum atomic E-state index is -0.804. The van der Waals surface area contributed by atoms with E-state index in [1.807, 2.05) is 0 Å². The van der Waals surface area contributed by atoms with Crippen LogP contribution in [0.3, 0.4) is 0 Å². The number of ether oxygens (including phenoxy) is 3. The van der Waals surface area contributed by atoms with Gasteiger partial charge in [-0.25, -0.2) is 0 Å². The van der Waals surface area contributed by atoms with Crippen LogP contribution in [0.15, 0.2) is 146 Å². The topological polar surface area (TPSA) is 78.9 Å². The Morgan fingerprint density at radius 1 is 0.256 bits per heavy atom. The summed E-state index contributed by atoms with van der Waals surface area (Å²) >= 11 is 0. The fraction of sp³-hybridized carbons (Fsp3) is 0.645. The van der Waals surface area contributed by atoms with E-state index in [0.29, 0.717) is 19.3 Å². The highest BCUT2D eigenvalue weighted by molar-refractivity contribution is 5.71. The normalized spacial score (nSPS) is 13.1. The number of allylic oxidation sites excluding steroid dienone is 24. The van der Waals surface area contributed by atoms with Gasteiger partial charge in [-0.15, -0.1) is 0 Å². The van der Waals surface area contributed by atoms with Gasteiger partial charge in [-0.05, 0) is 148 Å². The number of hydrogen-bond acceptors (Lipinski definition) is 6. The van der Waals surface area contributed by atoms with Gasteiger partial charge in [-0.2, -0.15) is 0 Å². The summed E-state index contributed by atoms with van der Waals surface area (Å²) in [6.45, 7) is 6.48. The maximum Gasteiger partial charge on any atom is 0.306 e. The molecular formula is C76H124O6. The number of unbranched alkanes of at least 4 members (excludes halogenated alkanes) is 25. The van der Waals surface area contributed by atoms with Crippen molar-refractivity contribution in [2.45, 2.75) is 303 Å². The summed E-state index contributed by atoms with van der Waals surface area (Å²) in [4.78, 5) is 38.3. The van der Waals surface area contributed by atoms with E-state index in [2.05, 4.69) is 167 Å². The summed E-state index contributed by atoms with van der Waals surface area (Å²) in [6.07, 6.45) is 98.5. The van der Waals surface area contributed by atoms with E-state index >= 15 is 0 Å². The lowest BCUT2D eigenvalue weighted by atomic mass is 10.1. The molecule has 0 heterocycles. The molecule has 0 aliphatic rings. The van der Waals surface area contributed by atoms with E-state index in [1.54, 1.807) is 0 Å². The summed E-state index contributed by atoms with van der Waals surface area (Å²) in [5, 5.41) is 0. The average Bonchev–Trinajstić information content (AvgIpc) is 3.47. The predicted octanol–water partition coefficient (Wildman–Crippen LogP) is 23.5. The van der Waals surface area contributed by atoms with Gasteiger partial charge in [-0.3, -0.25) is 14.4 Å². The number of esters is 3. The molecule has 1 unspecified atom stereocenters. The third-order valence-electron chi connectivity index (χ3n) is 14.0. The molecule has 0 aromatic rings. The summed E-state index contributed by atoms with van der Waals surface area (Å²) in [6, 6.07) is 0. The fourth-order valence-corrected chi connectivity index (χ4v) is 8.99. The Balaban J connectivity index is 4.37. The highest BCUT2D eigenvalue weighted by Gasteiger charge is 2.19. The lowest BCUT2D eigenvalue weighted by Crippen LogP contribution is -2.30. The Morgan fingerprint density at radius 3 is 0.768 bits per heavy atom. The molecular weight excluding hydrogens is 1010 g/mol. The molecule has 0 saturated heterocycles. The van der Waals surface area contributed by atoms with Crippen molar-refractivity contribution in [1.29, 1.82) is 0 Å². The highest BCUT2D eigenvalue weighted by Crippen LogP contribution is 2.14. The molecule has 0 aromatic heterocycles. The van der Waals surface area contributed by atoms with Crippen molar-refractivity contribution in [3.05, 3.63) is 146 Å². The Morgan fingerprint density at radius 2 is 0.476 bits per heavy atom. The van der Waals surface area contributed by atoms with Crippen LogP contribution in [0.25, 0.3) is 0 Å². The molecule has 6 nitrogen and oxygen atoms in total. The maximum absolute atomic E-state index is 12.9. The molecule has 0 aliphatic carbocycles. The van der Waals surface area contributed by atoms with Crippen LogP contribution in [-0.4, -0.2) is 37.2 Å². The van der Waals surface area contributed by atoms with Crippen LogP contribution in [0.1, 0.15) is 297 Å². The first kappa shape index (κ1) is 77.3. The monoisotopic (exact) mass is 1130 g/mol. The minimum absolute atomic E-state index is 0.0976. The van der Waals surface area contributed by atoms with Crippen molar-refractivity contribution < 1.29 is 28.6 Å². The predicted molar refractivity (Wildman–Crippen MR) is 357 cm³/mol. The standard InChI is InChI=1S/C76H124O6/c1-4-7-10-13-16-19-22-25-28-30-31-32-33-34-35-36-37-38-39-40-41-42-43-44-45-46-49-51-54-57-60-63-66-69-75(78)81-72-73(71-80-74(77)68-65-62-59-56-53-50-47-27-24-21-18-15-12-9-6-3)82-76(79)70-67-64-61-58-55-52-48-29-26-23-20-17-14-11-8-5-2/h7,10,16,19-20,23,25,27-29,31-32,34-35,37-38,40-41,43-44,46-49,73H,4-6,8-9,11-15,17-18,21-22,24,26,30,33,36,39,42,45,50-72H2,1-3H3/b10-7-,19-16-,23-20-,28-25-,32-31-,35-34-,38-37-,41-40-,44-43-,47-27-,48-29-,49-46-. The molecule has 0 bridgehead atoms. The van der Waals surface area contributed by atoms with Crippen molar-refractivity contribution in [3.63, 3.8) is 0 Å². The maximum atomic E-state index is 12.9. The molecule has 82 heavy (non-hydrogen) atoms. The van der Waals surface area contributed by atoms with Gasteiger partial charge in [0.2, 0.25) is 0 Å². The fourth-order valence-electron chi connectivity index (χ4n) is 8.99. The highest BCUT2D eigenvalue weighted by atomic mass is 16.6. The van der Waals surface area contributed by atoms with Crippen molar-refractivity contribution in [2.24, 2.45) is 0 Å². The first-order valence-corrected chi connectivity index (χ1v) is 33.8. The minimum Gasteiger partial charge on any atom is -0.462 e. The molecule has 0 fully saturated rings. The summed E-state index contributed by atoms with van der Waals surface area (Å²) in [7, 11) is 0.